The van der Waals surface area contributed by atoms with Gasteiger partial charge in [-0.05, 0) is 118 Å². The molecular formula is C44H32N2. The first-order chi connectivity index (χ1) is 22.5. The van der Waals surface area contributed by atoms with Crippen molar-refractivity contribution in [1.29, 1.82) is 0 Å². The van der Waals surface area contributed by atoms with Crippen LogP contribution in [0.4, 0.5) is 0 Å². The molecule has 0 N–H and O–H groups in total. The quantitative estimate of drug-likeness (QED) is 0.178. The first-order valence-electron chi connectivity index (χ1n) is 16.2. The molecule has 0 saturated carbocycles. The molecule has 2 heterocycles. The SMILES string of the molecule is Cc1c(C)n(-c2ccc3ccccc3c2)c2c1cc1ccc3c4c(ccc2c14)cc1c(C)c(C)n(-c2ccc4ccccc4c2)c13. The number of hydrogen-bond donors (Lipinski definition) is 0. The van der Waals surface area contributed by atoms with Gasteiger partial charge in [-0.25, -0.2) is 0 Å². The molecule has 0 unspecified atom stereocenters. The molecule has 0 spiro atoms. The fraction of sp³-hybridized carbons (Fsp3) is 0.0909. The number of rotatable bonds is 2. The van der Waals surface area contributed by atoms with Gasteiger partial charge < -0.3 is 9.13 Å². The molecule has 10 rings (SSSR count). The standard InChI is InChI=1S/C44H32N2/c1-25-27(3)45(35-17-13-29-9-5-7-11-31(29)21-35)43-37-19-16-34-24-40-26(2)28(4)46(36-18-14-30-10-6-8-12-32(30)22-36)44(40)38-20-15-33(23-39(25)43)41(37)42(34)38/h5-24H,1-4H3. The third-order valence-corrected chi connectivity index (χ3v) is 10.8. The number of aromatic nitrogens is 2. The Balaban J connectivity index is 1.34. The highest BCUT2D eigenvalue weighted by atomic mass is 15.0. The first kappa shape index (κ1) is 25.7. The zero-order valence-corrected chi connectivity index (χ0v) is 26.4. The van der Waals surface area contributed by atoms with Crippen LogP contribution in [0.25, 0.3) is 87.0 Å². The van der Waals surface area contributed by atoms with Crippen LogP contribution in [0.5, 0.6) is 0 Å². The zero-order valence-electron chi connectivity index (χ0n) is 26.4. The summed E-state index contributed by atoms with van der Waals surface area (Å²) >= 11 is 0. The molecule has 0 atom stereocenters. The van der Waals surface area contributed by atoms with Gasteiger partial charge in [-0.1, -0.05) is 84.9 Å². The van der Waals surface area contributed by atoms with Gasteiger partial charge >= 0.3 is 0 Å². The molecule has 0 aliphatic rings. The van der Waals surface area contributed by atoms with Gasteiger partial charge in [0.05, 0.1) is 11.0 Å². The maximum absolute atomic E-state index is 2.49. The van der Waals surface area contributed by atoms with E-state index >= 15 is 0 Å². The monoisotopic (exact) mass is 588 g/mol. The third-order valence-electron chi connectivity index (χ3n) is 10.8. The summed E-state index contributed by atoms with van der Waals surface area (Å²) in [5.41, 5.74) is 10.3. The second kappa shape index (κ2) is 8.99. The summed E-state index contributed by atoms with van der Waals surface area (Å²) in [5.74, 6) is 0. The number of fused-ring (bicyclic) bond motifs is 6. The Labute approximate surface area is 267 Å². The Hall–Kier alpha value is -5.60. The van der Waals surface area contributed by atoms with Crippen molar-refractivity contribution in [1.82, 2.24) is 9.13 Å². The van der Waals surface area contributed by atoms with Gasteiger partial charge in [0.1, 0.15) is 0 Å². The molecule has 2 nitrogen and oxygen atoms in total. The average molecular weight is 589 g/mol. The minimum absolute atomic E-state index is 1.21. The van der Waals surface area contributed by atoms with Gasteiger partial charge in [-0.2, -0.15) is 0 Å². The largest absolute Gasteiger partial charge is 0.313 e. The smallest absolute Gasteiger partial charge is 0.0613 e. The Morgan fingerprint density at radius 1 is 0.348 bits per heavy atom. The van der Waals surface area contributed by atoms with Crippen LogP contribution in [0.1, 0.15) is 22.5 Å². The van der Waals surface area contributed by atoms with Gasteiger partial charge in [-0.3, -0.25) is 0 Å². The molecule has 2 heteroatoms. The van der Waals surface area contributed by atoms with Crippen molar-refractivity contribution in [3.8, 4) is 11.4 Å². The van der Waals surface area contributed by atoms with Crippen LogP contribution in [0.3, 0.4) is 0 Å². The van der Waals surface area contributed by atoms with Gasteiger partial charge in [0.25, 0.3) is 0 Å². The molecule has 46 heavy (non-hydrogen) atoms. The highest BCUT2D eigenvalue weighted by molar-refractivity contribution is 6.33. The second-order valence-corrected chi connectivity index (χ2v) is 13.1. The van der Waals surface area contributed by atoms with Gasteiger partial charge in [0.2, 0.25) is 0 Å². The van der Waals surface area contributed by atoms with Crippen molar-refractivity contribution in [2.24, 2.45) is 0 Å². The highest BCUT2D eigenvalue weighted by Crippen LogP contribution is 2.45. The summed E-state index contributed by atoms with van der Waals surface area (Å²) in [6, 6.07) is 45.3. The molecule has 0 aliphatic heterocycles. The van der Waals surface area contributed by atoms with Crippen molar-refractivity contribution < 1.29 is 0 Å². The van der Waals surface area contributed by atoms with E-state index in [1.165, 1.54) is 110 Å². The van der Waals surface area contributed by atoms with Crippen LogP contribution < -0.4 is 0 Å². The lowest BCUT2D eigenvalue weighted by molar-refractivity contribution is 1.05. The molecule has 0 fully saturated rings. The fourth-order valence-corrected chi connectivity index (χ4v) is 8.31. The van der Waals surface area contributed by atoms with Crippen molar-refractivity contribution in [2.45, 2.75) is 27.7 Å². The highest BCUT2D eigenvalue weighted by Gasteiger charge is 2.22. The second-order valence-electron chi connectivity index (χ2n) is 13.1. The van der Waals surface area contributed by atoms with Crippen molar-refractivity contribution in [3.05, 3.63) is 144 Å². The summed E-state index contributed by atoms with van der Waals surface area (Å²) in [7, 11) is 0. The van der Waals surface area contributed by atoms with Crippen LogP contribution in [0, 0.1) is 27.7 Å². The lowest BCUT2D eigenvalue weighted by Gasteiger charge is -2.17. The maximum Gasteiger partial charge on any atom is 0.0613 e. The Morgan fingerprint density at radius 2 is 0.739 bits per heavy atom. The molecule has 2 aromatic heterocycles. The van der Waals surface area contributed by atoms with E-state index in [4.69, 9.17) is 0 Å². The molecule has 0 saturated heterocycles. The van der Waals surface area contributed by atoms with Gasteiger partial charge in [-0.15, -0.1) is 0 Å². The fourth-order valence-electron chi connectivity index (χ4n) is 8.31. The summed E-state index contributed by atoms with van der Waals surface area (Å²) in [4.78, 5) is 0. The maximum atomic E-state index is 2.49. The van der Waals surface area contributed by atoms with E-state index in [2.05, 4.69) is 158 Å². The Morgan fingerprint density at radius 3 is 1.17 bits per heavy atom. The van der Waals surface area contributed by atoms with Gasteiger partial charge in [0, 0.05) is 44.3 Å². The van der Waals surface area contributed by atoms with Crippen molar-refractivity contribution in [2.75, 3.05) is 0 Å². The number of hydrogen-bond acceptors (Lipinski definition) is 0. The minimum Gasteiger partial charge on any atom is -0.313 e. The first-order valence-corrected chi connectivity index (χ1v) is 16.2. The Kier molecular flexibility index (Phi) is 5.02. The van der Waals surface area contributed by atoms with Crippen molar-refractivity contribution >= 4 is 75.7 Å². The lowest BCUT2D eigenvalue weighted by Crippen LogP contribution is -1.99. The van der Waals surface area contributed by atoms with Gasteiger partial charge in [0.15, 0.2) is 0 Å². The van der Waals surface area contributed by atoms with Crippen LogP contribution >= 0.6 is 0 Å². The van der Waals surface area contributed by atoms with E-state index in [-0.39, 0.29) is 0 Å². The van der Waals surface area contributed by atoms with Crippen LogP contribution in [0.15, 0.2) is 121 Å². The summed E-state index contributed by atoms with van der Waals surface area (Å²) in [5, 5.41) is 15.6. The molecular weight excluding hydrogens is 556 g/mol. The predicted molar refractivity (Wildman–Crippen MR) is 198 cm³/mol. The van der Waals surface area contributed by atoms with Crippen LogP contribution in [-0.2, 0) is 0 Å². The van der Waals surface area contributed by atoms with Crippen molar-refractivity contribution in [3.63, 3.8) is 0 Å². The third kappa shape index (κ3) is 3.26. The normalized spacial score (nSPS) is 12.3. The van der Waals surface area contributed by atoms with E-state index in [1.807, 2.05) is 0 Å². The summed E-state index contributed by atoms with van der Waals surface area (Å²) in [6.45, 7) is 9.09. The van der Waals surface area contributed by atoms with E-state index in [9.17, 15) is 0 Å². The zero-order chi connectivity index (χ0) is 30.8. The molecule has 0 bridgehead atoms. The molecule has 0 radical (unpaired) electrons. The molecule has 218 valence electrons. The van der Waals surface area contributed by atoms with E-state index in [0.717, 1.165) is 0 Å². The molecule has 0 amide bonds. The lowest BCUT2D eigenvalue weighted by atomic mass is 9.91. The van der Waals surface area contributed by atoms with Crippen LogP contribution in [-0.4, -0.2) is 9.13 Å². The molecule has 0 aliphatic carbocycles. The number of aryl methyl sites for hydroxylation is 2. The topological polar surface area (TPSA) is 9.86 Å². The number of nitrogens with zero attached hydrogens (tertiary/aromatic N) is 2. The molecule has 8 aromatic carbocycles. The van der Waals surface area contributed by atoms with Crippen LogP contribution in [0.2, 0.25) is 0 Å². The average Bonchev–Trinajstić information content (AvgIpc) is 3.50. The number of benzene rings is 8. The predicted octanol–water partition coefficient (Wildman–Crippen LogP) is 12.0. The molecule has 10 aromatic rings. The Bertz CT molecular complexity index is 2700. The summed E-state index contributed by atoms with van der Waals surface area (Å²) < 4.78 is 4.98. The minimum atomic E-state index is 1.21. The summed E-state index contributed by atoms with van der Waals surface area (Å²) in [6.07, 6.45) is 0. The van der Waals surface area contributed by atoms with E-state index in [0.29, 0.717) is 0 Å². The van der Waals surface area contributed by atoms with E-state index in [1.54, 1.807) is 0 Å². The van der Waals surface area contributed by atoms with E-state index < -0.39 is 0 Å².